The molecule has 7 unspecified atom stereocenters. The number of allylic oxidation sites excluding steroid dienone is 13. The summed E-state index contributed by atoms with van der Waals surface area (Å²) in [6.45, 7) is 4.30. The maximum atomic E-state index is 13.1. The van der Waals surface area contributed by atoms with Crippen molar-refractivity contribution in [2.75, 3.05) is 19.8 Å². The van der Waals surface area contributed by atoms with Crippen LogP contribution in [-0.2, 0) is 23.8 Å². The van der Waals surface area contributed by atoms with Crippen molar-refractivity contribution in [3.05, 3.63) is 85.1 Å². The van der Waals surface area contributed by atoms with Gasteiger partial charge in [0.15, 0.2) is 6.29 Å². The van der Waals surface area contributed by atoms with E-state index in [1.165, 1.54) is 257 Å². The lowest BCUT2D eigenvalue weighted by Crippen LogP contribution is -2.60. The fourth-order valence-electron chi connectivity index (χ4n) is 12.2. The first-order valence-corrected chi connectivity index (χ1v) is 39.9. The first-order valence-electron chi connectivity index (χ1n) is 39.9. The predicted octanol–water partition coefficient (Wildman–Crippen LogP) is 21.6. The summed E-state index contributed by atoms with van der Waals surface area (Å²) in [5.41, 5.74) is 0. The van der Waals surface area contributed by atoms with Crippen LogP contribution in [0.5, 0.6) is 0 Å². The Labute approximate surface area is 578 Å². The normalized spacial score (nSPS) is 17.9. The molecule has 7 atom stereocenters. The lowest BCUT2D eigenvalue weighted by Gasteiger charge is -2.40. The highest BCUT2D eigenvalue weighted by Crippen LogP contribution is 2.23. The van der Waals surface area contributed by atoms with Crippen LogP contribution in [0.2, 0.25) is 0 Å². The number of hydrogen-bond donors (Lipinski definition) is 6. The van der Waals surface area contributed by atoms with Gasteiger partial charge in [0, 0.05) is 12.8 Å². The number of carbonyl (C=O) groups excluding carboxylic acids is 2. The largest absolute Gasteiger partial charge is 0.466 e. The van der Waals surface area contributed by atoms with E-state index in [1.54, 1.807) is 6.08 Å². The van der Waals surface area contributed by atoms with E-state index in [0.717, 1.165) is 83.5 Å². The summed E-state index contributed by atoms with van der Waals surface area (Å²) in [6.07, 6.45) is 88.9. The van der Waals surface area contributed by atoms with Gasteiger partial charge in [0.05, 0.1) is 32.0 Å². The van der Waals surface area contributed by atoms with Gasteiger partial charge in [-0.25, -0.2) is 0 Å². The summed E-state index contributed by atoms with van der Waals surface area (Å²) in [4.78, 5) is 25.2. The van der Waals surface area contributed by atoms with Crippen LogP contribution >= 0.6 is 0 Å². The van der Waals surface area contributed by atoms with E-state index in [1.807, 2.05) is 6.08 Å². The molecule has 0 saturated carbocycles. The van der Waals surface area contributed by atoms with Gasteiger partial charge in [-0.05, 0) is 116 Å². The highest BCUT2D eigenvalue weighted by molar-refractivity contribution is 5.76. The number of ether oxygens (including phenoxy) is 3. The number of unbranched alkanes of at least 4 members (excludes halogenated alkanes) is 44. The molecule has 0 aromatic carbocycles. The molecular weight excluding hydrogens is 1170 g/mol. The third-order valence-corrected chi connectivity index (χ3v) is 18.4. The third-order valence-electron chi connectivity index (χ3n) is 18.4. The predicted molar refractivity (Wildman–Crippen MR) is 398 cm³/mol. The Morgan fingerprint density at radius 1 is 0.394 bits per heavy atom. The van der Waals surface area contributed by atoms with Gasteiger partial charge in [0.1, 0.15) is 24.4 Å². The van der Waals surface area contributed by atoms with Crippen LogP contribution in [0.3, 0.4) is 0 Å². The number of esters is 1. The molecule has 0 radical (unpaired) electrons. The fraction of sp³-hybridized carbons (Fsp3) is 0.807. The molecule has 1 aliphatic rings. The van der Waals surface area contributed by atoms with Crippen molar-refractivity contribution in [1.82, 2.24) is 5.32 Å². The Hall–Kier alpha value is -3.16. The van der Waals surface area contributed by atoms with E-state index < -0.39 is 49.5 Å². The van der Waals surface area contributed by atoms with E-state index in [9.17, 15) is 35.1 Å². The third kappa shape index (κ3) is 58.9. The first-order chi connectivity index (χ1) is 46.2. The van der Waals surface area contributed by atoms with Crippen molar-refractivity contribution in [2.24, 2.45) is 0 Å². The first kappa shape index (κ1) is 88.9. The zero-order valence-corrected chi connectivity index (χ0v) is 60.9. The van der Waals surface area contributed by atoms with Crippen molar-refractivity contribution >= 4 is 11.9 Å². The van der Waals surface area contributed by atoms with Crippen LogP contribution in [-0.4, -0.2) is 100 Å². The van der Waals surface area contributed by atoms with Crippen LogP contribution in [0.4, 0.5) is 0 Å². The zero-order chi connectivity index (χ0) is 67.9. The minimum Gasteiger partial charge on any atom is -0.466 e. The molecule has 546 valence electrons. The molecule has 1 aliphatic heterocycles. The van der Waals surface area contributed by atoms with E-state index in [2.05, 4.69) is 92.1 Å². The minimum atomic E-state index is -1.58. The summed E-state index contributed by atoms with van der Waals surface area (Å²) in [5.74, 6) is -0.196. The summed E-state index contributed by atoms with van der Waals surface area (Å²) in [6, 6.07) is -0.835. The second-order valence-electron chi connectivity index (χ2n) is 27.4. The van der Waals surface area contributed by atoms with Gasteiger partial charge in [-0.3, -0.25) is 9.59 Å². The molecule has 0 bridgehead atoms. The number of rotatable bonds is 70. The van der Waals surface area contributed by atoms with Crippen molar-refractivity contribution in [1.29, 1.82) is 0 Å². The summed E-state index contributed by atoms with van der Waals surface area (Å²) in [5, 5.41) is 54.6. The van der Waals surface area contributed by atoms with Gasteiger partial charge in [-0.2, -0.15) is 0 Å². The second-order valence-corrected chi connectivity index (χ2v) is 27.4. The molecule has 1 amide bonds. The Kier molecular flexibility index (Phi) is 67.2. The average Bonchev–Trinajstić information content (AvgIpc) is 0.846. The smallest absolute Gasteiger partial charge is 0.305 e. The Bertz CT molecular complexity index is 1840. The molecule has 0 spiro atoms. The summed E-state index contributed by atoms with van der Waals surface area (Å²) < 4.78 is 16.8. The maximum absolute atomic E-state index is 13.1. The average molecular weight is 1320 g/mol. The maximum Gasteiger partial charge on any atom is 0.305 e. The molecule has 0 aromatic heterocycles. The number of aliphatic hydroxyl groups is 5. The van der Waals surface area contributed by atoms with Gasteiger partial charge in [0.2, 0.25) is 5.91 Å². The molecule has 11 heteroatoms. The Morgan fingerprint density at radius 2 is 0.734 bits per heavy atom. The van der Waals surface area contributed by atoms with Crippen LogP contribution in [0.15, 0.2) is 85.1 Å². The number of amides is 1. The van der Waals surface area contributed by atoms with Gasteiger partial charge in [-0.1, -0.05) is 324 Å². The zero-order valence-electron chi connectivity index (χ0n) is 60.9. The highest BCUT2D eigenvalue weighted by Gasteiger charge is 2.44. The van der Waals surface area contributed by atoms with E-state index >= 15 is 0 Å². The summed E-state index contributed by atoms with van der Waals surface area (Å²) in [7, 11) is 0. The van der Waals surface area contributed by atoms with Gasteiger partial charge < -0.3 is 45.1 Å². The van der Waals surface area contributed by atoms with Crippen molar-refractivity contribution < 1.29 is 49.3 Å². The number of carbonyl (C=O) groups is 2. The molecule has 94 heavy (non-hydrogen) atoms. The summed E-state index contributed by atoms with van der Waals surface area (Å²) >= 11 is 0. The SMILES string of the molecule is CCCC/C=C\C/C=C\CCCCCCCC(=O)OCCCCCCCCCCCCCCC/C=C\C/C=C\CCCCCCCCCCCCCCCCCCCC(=O)NC(COC1OC(CO)C(O)C(O)C1O)C(O)/C=C/CC/C=C/CC/C=C/CCCCCCC. The second kappa shape index (κ2) is 71.1. The minimum absolute atomic E-state index is 0.00270. The monoisotopic (exact) mass is 1320 g/mol. The molecule has 1 heterocycles. The number of aliphatic hydroxyl groups excluding tert-OH is 5. The molecule has 0 aromatic rings. The standard InChI is InChI=1S/C83H149NO10/c1-3-5-7-9-11-13-15-17-42-45-49-53-57-61-65-69-76(86)75(74-93-83-82(91)81(90)80(89)77(73-85)94-83)84-78(87)70-66-62-58-54-50-46-43-40-38-36-34-32-30-28-26-24-22-20-19-21-23-25-27-29-31-33-35-37-39-41-44-48-52-56-60-64-68-72-92-79(88)71-67-63-59-55-51-47-18-16-14-12-10-8-6-4-2/h10,12,15-19,21,25,27,49,53,65,69,75-77,80-83,85-86,89-91H,3-9,11,13-14,20,22-24,26,28-48,50-52,54-64,66-68,70-74H2,1-2H3,(H,84,87)/b12-10-,17-15+,18-16-,21-19-,27-25-,53-49+,69-65+. The quantitative estimate of drug-likeness (QED) is 0.0195. The fourth-order valence-corrected chi connectivity index (χ4v) is 12.2. The van der Waals surface area contributed by atoms with E-state index in [0.29, 0.717) is 19.4 Å². The van der Waals surface area contributed by atoms with Gasteiger partial charge in [0.25, 0.3) is 0 Å². The number of hydrogen-bond acceptors (Lipinski definition) is 10. The van der Waals surface area contributed by atoms with Gasteiger partial charge >= 0.3 is 5.97 Å². The van der Waals surface area contributed by atoms with Crippen LogP contribution in [0.1, 0.15) is 367 Å². The lowest BCUT2D eigenvalue weighted by atomic mass is 9.99. The molecule has 11 nitrogen and oxygen atoms in total. The topological polar surface area (TPSA) is 175 Å². The van der Waals surface area contributed by atoms with Crippen molar-refractivity contribution in [3.63, 3.8) is 0 Å². The molecular formula is C83H149NO10. The molecule has 6 N–H and O–H groups in total. The van der Waals surface area contributed by atoms with Crippen LogP contribution in [0.25, 0.3) is 0 Å². The molecule has 0 aliphatic carbocycles. The highest BCUT2D eigenvalue weighted by atomic mass is 16.7. The Balaban J connectivity index is 1.94. The van der Waals surface area contributed by atoms with Crippen LogP contribution in [0, 0.1) is 0 Å². The van der Waals surface area contributed by atoms with Crippen LogP contribution < -0.4 is 5.32 Å². The van der Waals surface area contributed by atoms with E-state index in [4.69, 9.17) is 14.2 Å². The van der Waals surface area contributed by atoms with E-state index in [-0.39, 0.29) is 18.5 Å². The lowest BCUT2D eigenvalue weighted by molar-refractivity contribution is -0.302. The van der Waals surface area contributed by atoms with Gasteiger partial charge in [-0.15, -0.1) is 0 Å². The number of nitrogens with one attached hydrogen (secondary N) is 1. The molecule has 1 fully saturated rings. The Morgan fingerprint density at radius 3 is 1.15 bits per heavy atom. The van der Waals surface area contributed by atoms with Crippen molar-refractivity contribution in [2.45, 2.75) is 410 Å². The molecule has 1 saturated heterocycles. The molecule has 1 rings (SSSR count). The van der Waals surface area contributed by atoms with Crippen molar-refractivity contribution in [3.8, 4) is 0 Å².